The third-order valence-corrected chi connectivity index (χ3v) is 5.09. The van der Waals surface area contributed by atoms with Gasteiger partial charge in [0.25, 0.3) is 0 Å². The highest BCUT2D eigenvalue weighted by molar-refractivity contribution is 6.20. The number of alkyl halides is 1. The van der Waals surface area contributed by atoms with Gasteiger partial charge in [0, 0.05) is 5.38 Å². The molecule has 4 atom stereocenters. The minimum atomic E-state index is 0.405. The van der Waals surface area contributed by atoms with Crippen LogP contribution in [0, 0.1) is 23.2 Å². The van der Waals surface area contributed by atoms with Gasteiger partial charge in [0.05, 0.1) is 0 Å². The quantitative estimate of drug-likeness (QED) is 0.574. The fourth-order valence-corrected chi connectivity index (χ4v) is 4.16. The lowest BCUT2D eigenvalue weighted by molar-refractivity contribution is 0.113. The van der Waals surface area contributed by atoms with Gasteiger partial charge in [-0.25, -0.2) is 0 Å². The summed E-state index contributed by atoms with van der Waals surface area (Å²) in [6.45, 7) is 11.9. The van der Waals surface area contributed by atoms with E-state index in [1.807, 2.05) is 0 Å². The van der Waals surface area contributed by atoms with Crippen LogP contribution in [0.4, 0.5) is 0 Å². The molecule has 0 spiro atoms. The van der Waals surface area contributed by atoms with Crippen molar-refractivity contribution in [1.82, 2.24) is 0 Å². The summed E-state index contributed by atoms with van der Waals surface area (Å²) in [6, 6.07) is 0. The molecule has 1 heteroatoms. The van der Waals surface area contributed by atoms with Gasteiger partial charge in [0.2, 0.25) is 0 Å². The zero-order chi connectivity index (χ0) is 12.3. The molecule has 0 heterocycles. The van der Waals surface area contributed by atoms with Crippen molar-refractivity contribution in [3.63, 3.8) is 0 Å². The van der Waals surface area contributed by atoms with Gasteiger partial charge in [-0.15, -0.1) is 11.6 Å². The Morgan fingerprint density at radius 3 is 2.44 bits per heavy atom. The summed E-state index contributed by atoms with van der Waals surface area (Å²) in [6.07, 6.45) is 6.54. The fourth-order valence-electron chi connectivity index (χ4n) is 3.39. The molecule has 0 aromatic carbocycles. The Kier molecular flexibility index (Phi) is 5.16. The van der Waals surface area contributed by atoms with Gasteiger partial charge in [-0.05, 0) is 42.4 Å². The fraction of sp³-hybridized carbons (Fsp3) is 1.00. The summed E-state index contributed by atoms with van der Waals surface area (Å²) < 4.78 is 0. The molecule has 0 N–H and O–H groups in total. The zero-order valence-electron chi connectivity index (χ0n) is 11.7. The van der Waals surface area contributed by atoms with E-state index in [4.69, 9.17) is 11.6 Å². The molecule has 96 valence electrons. The highest BCUT2D eigenvalue weighted by Gasteiger charge is 2.38. The standard InChI is InChI=1S/C15H29Cl/c1-6-11(2)10-15(4,5)13-8-7-12(3)9-14(13)16/h11-14H,6-10H2,1-5H3. The number of rotatable bonds is 4. The first kappa shape index (κ1) is 14.4. The summed E-state index contributed by atoms with van der Waals surface area (Å²) in [5.41, 5.74) is 0.419. The maximum atomic E-state index is 6.59. The van der Waals surface area contributed by atoms with Crippen LogP contribution in [0.5, 0.6) is 0 Å². The molecule has 1 fully saturated rings. The van der Waals surface area contributed by atoms with Crippen LogP contribution in [-0.2, 0) is 0 Å². The SMILES string of the molecule is CCC(C)CC(C)(C)C1CCC(C)CC1Cl. The van der Waals surface area contributed by atoms with E-state index in [-0.39, 0.29) is 0 Å². The van der Waals surface area contributed by atoms with Gasteiger partial charge in [-0.2, -0.15) is 0 Å². The van der Waals surface area contributed by atoms with E-state index < -0.39 is 0 Å². The molecule has 0 amide bonds. The van der Waals surface area contributed by atoms with E-state index in [1.54, 1.807) is 0 Å². The predicted octanol–water partition coefficient (Wildman–Crippen LogP) is 5.49. The lowest BCUT2D eigenvalue weighted by Crippen LogP contribution is -2.36. The zero-order valence-corrected chi connectivity index (χ0v) is 12.5. The Labute approximate surface area is 107 Å². The Balaban J connectivity index is 2.60. The Morgan fingerprint density at radius 2 is 1.94 bits per heavy atom. The number of hydrogen-bond donors (Lipinski definition) is 0. The van der Waals surface area contributed by atoms with Crippen LogP contribution in [0.3, 0.4) is 0 Å². The van der Waals surface area contributed by atoms with Crippen molar-refractivity contribution in [2.24, 2.45) is 23.2 Å². The minimum absolute atomic E-state index is 0.405. The predicted molar refractivity (Wildman–Crippen MR) is 74.0 cm³/mol. The summed E-state index contributed by atoms with van der Waals surface area (Å²) >= 11 is 6.59. The summed E-state index contributed by atoms with van der Waals surface area (Å²) in [7, 11) is 0. The molecule has 1 aliphatic rings. The van der Waals surface area contributed by atoms with Gasteiger partial charge in [0.1, 0.15) is 0 Å². The lowest BCUT2D eigenvalue weighted by Gasteiger charge is -2.43. The third-order valence-electron chi connectivity index (χ3n) is 4.61. The van der Waals surface area contributed by atoms with Crippen LogP contribution < -0.4 is 0 Å². The molecule has 0 aromatic heterocycles. The Hall–Kier alpha value is 0.290. The molecule has 0 aromatic rings. The van der Waals surface area contributed by atoms with Crippen LogP contribution in [0.1, 0.15) is 66.7 Å². The number of halogens is 1. The molecular formula is C15H29Cl. The van der Waals surface area contributed by atoms with E-state index in [2.05, 4.69) is 34.6 Å². The topological polar surface area (TPSA) is 0 Å². The molecule has 16 heavy (non-hydrogen) atoms. The molecule has 1 saturated carbocycles. The number of hydrogen-bond acceptors (Lipinski definition) is 0. The van der Waals surface area contributed by atoms with Gasteiger partial charge in [0.15, 0.2) is 0 Å². The van der Waals surface area contributed by atoms with Crippen LogP contribution in [0.2, 0.25) is 0 Å². The molecule has 1 rings (SSSR count). The van der Waals surface area contributed by atoms with Gasteiger partial charge in [-0.3, -0.25) is 0 Å². The Bertz CT molecular complexity index is 209. The van der Waals surface area contributed by atoms with Gasteiger partial charge >= 0.3 is 0 Å². The molecular weight excluding hydrogens is 216 g/mol. The largest absolute Gasteiger partial charge is 0.123 e. The van der Waals surface area contributed by atoms with Crippen LogP contribution in [-0.4, -0.2) is 5.38 Å². The van der Waals surface area contributed by atoms with Crippen LogP contribution in [0.15, 0.2) is 0 Å². The second-order valence-corrected chi connectivity index (χ2v) is 7.31. The van der Waals surface area contributed by atoms with Gasteiger partial charge < -0.3 is 0 Å². The van der Waals surface area contributed by atoms with Crippen molar-refractivity contribution in [2.75, 3.05) is 0 Å². The normalized spacial score (nSPS) is 33.8. The molecule has 0 nitrogen and oxygen atoms in total. The third kappa shape index (κ3) is 3.65. The molecule has 0 radical (unpaired) electrons. The second-order valence-electron chi connectivity index (χ2n) is 6.75. The Morgan fingerprint density at radius 1 is 1.31 bits per heavy atom. The molecule has 4 unspecified atom stereocenters. The van der Waals surface area contributed by atoms with Crippen LogP contribution in [0.25, 0.3) is 0 Å². The van der Waals surface area contributed by atoms with E-state index in [1.165, 1.54) is 32.1 Å². The summed E-state index contributed by atoms with van der Waals surface area (Å²) in [5.74, 6) is 2.38. The monoisotopic (exact) mass is 244 g/mol. The lowest BCUT2D eigenvalue weighted by atomic mass is 9.65. The second kappa shape index (κ2) is 5.76. The van der Waals surface area contributed by atoms with Crippen molar-refractivity contribution in [1.29, 1.82) is 0 Å². The molecule has 0 bridgehead atoms. The molecule has 1 aliphatic carbocycles. The first-order chi connectivity index (χ1) is 7.36. The van der Waals surface area contributed by atoms with Crippen molar-refractivity contribution in [3.05, 3.63) is 0 Å². The van der Waals surface area contributed by atoms with E-state index in [0.29, 0.717) is 10.8 Å². The highest BCUT2D eigenvalue weighted by atomic mass is 35.5. The molecule has 0 aliphatic heterocycles. The van der Waals surface area contributed by atoms with Gasteiger partial charge in [-0.1, -0.05) is 47.5 Å². The highest BCUT2D eigenvalue weighted by Crippen LogP contribution is 2.46. The first-order valence-corrected chi connectivity index (χ1v) is 7.44. The van der Waals surface area contributed by atoms with E-state index in [0.717, 1.165) is 17.8 Å². The van der Waals surface area contributed by atoms with E-state index >= 15 is 0 Å². The summed E-state index contributed by atoms with van der Waals surface area (Å²) in [5, 5.41) is 0.405. The van der Waals surface area contributed by atoms with Crippen molar-refractivity contribution in [3.8, 4) is 0 Å². The van der Waals surface area contributed by atoms with Crippen molar-refractivity contribution >= 4 is 11.6 Å². The smallest absolute Gasteiger partial charge is 0.0371 e. The van der Waals surface area contributed by atoms with Crippen molar-refractivity contribution in [2.45, 2.75) is 72.1 Å². The first-order valence-electron chi connectivity index (χ1n) is 7.01. The van der Waals surface area contributed by atoms with Crippen LogP contribution >= 0.6 is 11.6 Å². The average Bonchev–Trinajstić information content (AvgIpc) is 2.16. The van der Waals surface area contributed by atoms with E-state index in [9.17, 15) is 0 Å². The average molecular weight is 245 g/mol. The maximum absolute atomic E-state index is 6.59. The summed E-state index contributed by atoms with van der Waals surface area (Å²) in [4.78, 5) is 0. The molecule has 0 saturated heterocycles. The maximum Gasteiger partial charge on any atom is 0.0371 e. The van der Waals surface area contributed by atoms with Crippen molar-refractivity contribution < 1.29 is 0 Å². The minimum Gasteiger partial charge on any atom is -0.123 e.